The number of carbonyl (C=O) groups is 1. The van der Waals surface area contributed by atoms with E-state index in [0.717, 1.165) is 24.8 Å². The van der Waals surface area contributed by atoms with E-state index in [1.807, 2.05) is 0 Å². The van der Waals surface area contributed by atoms with Gasteiger partial charge in [-0.25, -0.2) is 4.79 Å². The number of hydrogen-bond donors (Lipinski definition) is 0. The van der Waals surface area contributed by atoms with Crippen molar-refractivity contribution in [3.63, 3.8) is 0 Å². The Labute approximate surface area is 128 Å². The Morgan fingerprint density at radius 2 is 2.00 bits per heavy atom. The fraction of sp³-hybridized carbons (Fsp3) is 0.438. The standard InChI is InChI=1S/C16H19NO5/c1-16(2)9-7-12(8-10-16)11-21-15(18)22-14-5-3-13(4-6-14)17(19)20/h3-7H,8-11H2,1-2H3. The van der Waals surface area contributed by atoms with Crippen molar-refractivity contribution < 1.29 is 19.2 Å². The molecule has 118 valence electrons. The van der Waals surface area contributed by atoms with Gasteiger partial charge in [0.05, 0.1) is 4.92 Å². The first-order valence-electron chi connectivity index (χ1n) is 7.13. The van der Waals surface area contributed by atoms with Crippen LogP contribution < -0.4 is 4.74 Å². The SMILES string of the molecule is CC1(C)CC=C(COC(=O)Oc2ccc([N+](=O)[O-])cc2)CC1. The van der Waals surface area contributed by atoms with Crippen LogP contribution in [0.3, 0.4) is 0 Å². The lowest BCUT2D eigenvalue weighted by atomic mass is 9.78. The average Bonchev–Trinajstić information content (AvgIpc) is 2.46. The van der Waals surface area contributed by atoms with Crippen molar-refractivity contribution >= 4 is 11.8 Å². The molecule has 0 amide bonds. The summed E-state index contributed by atoms with van der Waals surface area (Å²) in [5.41, 5.74) is 1.35. The molecule has 1 aliphatic rings. The average molecular weight is 305 g/mol. The molecular weight excluding hydrogens is 286 g/mol. The van der Waals surface area contributed by atoms with Crippen molar-refractivity contribution in [2.75, 3.05) is 6.61 Å². The molecule has 0 N–H and O–H groups in total. The maximum Gasteiger partial charge on any atom is 0.514 e. The molecule has 0 aliphatic heterocycles. The molecule has 22 heavy (non-hydrogen) atoms. The van der Waals surface area contributed by atoms with Crippen LogP contribution in [0.25, 0.3) is 0 Å². The molecule has 0 aromatic heterocycles. The summed E-state index contributed by atoms with van der Waals surface area (Å²) in [4.78, 5) is 21.6. The number of rotatable bonds is 4. The van der Waals surface area contributed by atoms with E-state index in [1.54, 1.807) is 0 Å². The lowest BCUT2D eigenvalue weighted by molar-refractivity contribution is -0.384. The molecule has 0 saturated heterocycles. The maximum atomic E-state index is 11.6. The summed E-state index contributed by atoms with van der Waals surface area (Å²) in [6.45, 7) is 4.65. The molecule has 0 unspecified atom stereocenters. The zero-order chi connectivity index (χ0) is 16.2. The summed E-state index contributed by atoms with van der Waals surface area (Å²) in [6.07, 6.45) is 4.27. The molecule has 0 saturated carbocycles. The first-order valence-corrected chi connectivity index (χ1v) is 7.13. The van der Waals surface area contributed by atoms with Crippen LogP contribution in [0.4, 0.5) is 10.5 Å². The Morgan fingerprint density at radius 3 is 2.55 bits per heavy atom. The molecule has 1 aromatic carbocycles. The fourth-order valence-corrected chi connectivity index (χ4v) is 2.17. The molecule has 0 bridgehead atoms. The third kappa shape index (κ3) is 4.58. The van der Waals surface area contributed by atoms with Crippen molar-refractivity contribution in [1.29, 1.82) is 0 Å². The normalized spacial score (nSPS) is 16.5. The second-order valence-corrected chi connectivity index (χ2v) is 6.12. The maximum absolute atomic E-state index is 11.6. The molecule has 0 radical (unpaired) electrons. The number of hydrogen-bond acceptors (Lipinski definition) is 5. The van der Waals surface area contributed by atoms with Gasteiger partial charge in [0.2, 0.25) is 0 Å². The van der Waals surface area contributed by atoms with E-state index in [0.29, 0.717) is 5.41 Å². The summed E-state index contributed by atoms with van der Waals surface area (Å²) in [5.74, 6) is 0.217. The Hall–Kier alpha value is -2.37. The number of carbonyl (C=O) groups excluding carboxylic acids is 1. The first kappa shape index (κ1) is 16.0. The lowest BCUT2D eigenvalue weighted by Crippen LogP contribution is -2.18. The van der Waals surface area contributed by atoms with Gasteiger partial charge in [-0.05, 0) is 42.4 Å². The van der Waals surface area contributed by atoms with Gasteiger partial charge >= 0.3 is 6.16 Å². The van der Waals surface area contributed by atoms with Crippen LogP contribution in [0.2, 0.25) is 0 Å². The second kappa shape index (κ2) is 6.60. The van der Waals surface area contributed by atoms with Gasteiger partial charge in [-0.15, -0.1) is 0 Å². The van der Waals surface area contributed by atoms with Crippen LogP contribution in [0.15, 0.2) is 35.9 Å². The number of benzene rings is 1. The van der Waals surface area contributed by atoms with Gasteiger partial charge in [0.15, 0.2) is 0 Å². The predicted molar refractivity (Wildman–Crippen MR) is 80.8 cm³/mol. The Kier molecular flexibility index (Phi) is 4.80. The lowest BCUT2D eigenvalue weighted by Gasteiger charge is -2.28. The molecule has 1 aromatic rings. The molecule has 0 atom stereocenters. The van der Waals surface area contributed by atoms with Gasteiger partial charge in [0.25, 0.3) is 5.69 Å². The van der Waals surface area contributed by atoms with Crippen LogP contribution in [0.5, 0.6) is 5.75 Å². The number of non-ortho nitro benzene ring substituents is 1. The van der Waals surface area contributed by atoms with E-state index >= 15 is 0 Å². The van der Waals surface area contributed by atoms with Crippen LogP contribution in [0, 0.1) is 15.5 Å². The highest BCUT2D eigenvalue weighted by molar-refractivity contribution is 5.64. The minimum atomic E-state index is -0.806. The van der Waals surface area contributed by atoms with Crippen molar-refractivity contribution in [2.24, 2.45) is 5.41 Å². The van der Waals surface area contributed by atoms with Gasteiger partial charge in [0.1, 0.15) is 12.4 Å². The first-order chi connectivity index (χ1) is 10.4. The number of nitrogens with zero attached hydrogens (tertiary/aromatic N) is 1. The Balaban J connectivity index is 1.81. The number of ether oxygens (including phenoxy) is 2. The number of allylic oxidation sites excluding steroid dienone is 1. The molecule has 0 spiro atoms. The van der Waals surface area contributed by atoms with Gasteiger partial charge in [0, 0.05) is 12.1 Å². The predicted octanol–water partition coefficient (Wildman–Crippen LogP) is 4.25. The van der Waals surface area contributed by atoms with Crippen LogP contribution in [-0.4, -0.2) is 17.7 Å². The minimum Gasteiger partial charge on any atom is -0.429 e. The van der Waals surface area contributed by atoms with Crippen molar-refractivity contribution in [3.8, 4) is 5.75 Å². The molecule has 6 heteroatoms. The molecule has 6 nitrogen and oxygen atoms in total. The van der Waals surface area contributed by atoms with E-state index in [1.165, 1.54) is 24.3 Å². The monoisotopic (exact) mass is 305 g/mol. The summed E-state index contributed by atoms with van der Waals surface area (Å²) >= 11 is 0. The third-order valence-electron chi connectivity index (χ3n) is 3.69. The molecule has 0 heterocycles. The van der Waals surface area contributed by atoms with Gasteiger partial charge in [-0.1, -0.05) is 19.9 Å². The van der Waals surface area contributed by atoms with Crippen LogP contribution >= 0.6 is 0 Å². The topological polar surface area (TPSA) is 78.7 Å². The van der Waals surface area contributed by atoms with E-state index in [4.69, 9.17) is 9.47 Å². The zero-order valence-corrected chi connectivity index (χ0v) is 12.7. The zero-order valence-electron chi connectivity index (χ0n) is 12.7. The van der Waals surface area contributed by atoms with E-state index < -0.39 is 11.1 Å². The fourth-order valence-electron chi connectivity index (χ4n) is 2.17. The summed E-state index contributed by atoms with van der Waals surface area (Å²) in [5, 5.41) is 10.5. The van der Waals surface area contributed by atoms with Gasteiger partial charge in [-0.2, -0.15) is 0 Å². The van der Waals surface area contributed by atoms with Gasteiger partial charge in [-0.3, -0.25) is 10.1 Å². The summed E-state index contributed by atoms with van der Waals surface area (Å²) in [7, 11) is 0. The van der Waals surface area contributed by atoms with E-state index in [9.17, 15) is 14.9 Å². The number of nitro benzene ring substituents is 1. The highest BCUT2D eigenvalue weighted by atomic mass is 16.7. The minimum absolute atomic E-state index is 0.0595. The summed E-state index contributed by atoms with van der Waals surface area (Å²) in [6, 6.07) is 5.27. The molecule has 2 rings (SSSR count). The summed E-state index contributed by atoms with van der Waals surface area (Å²) < 4.78 is 10.0. The number of nitro groups is 1. The van der Waals surface area contributed by atoms with Crippen LogP contribution in [-0.2, 0) is 4.74 Å². The Morgan fingerprint density at radius 1 is 1.32 bits per heavy atom. The highest BCUT2D eigenvalue weighted by Crippen LogP contribution is 2.34. The van der Waals surface area contributed by atoms with Crippen molar-refractivity contribution in [1.82, 2.24) is 0 Å². The van der Waals surface area contributed by atoms with E-state index in [-0.39, 0.29) is 18.0 Å². The quantitative estimate of drug-likeness (QED) is 0.273. The van der Waals surface area contributed by atoms with Gasteiger partial charge < -0.3 is 9.47 Å². The second-order valence-electron chi connectivity index (χ2n) is 6.12. The van der Waals surface area contributed by atoms with E-state index in [2.05, 4.69) is 19.9 Å². The van der Waals surface area contributed by atoms with Crippen molar-refractivity contribution in [2.45, 2.75) is 33.1 Å². The van der Waals surface area contributed by atoms with Crippen molar-refractivity contribution in [3.05, 3.63) is 46.0 Å². The third-order valence-corrected chi connectivity index (χ3v) is 3.69. The Bertz CT molecular complexity index is 589. The largest absolute Gasteiger partial charge is 0.514 e. The smallest absolute Gasteiger partial charge is 0.429 e. The molecular formula is C16H19NO5. The molecule has 0 fully saturated rings. The highest BCUT2D eigenvalue weighted by Gasteiger charge is 2.22. The molecule has 1 aliphatic carbocycles. The van der Waals surface area contributed by atoms with Crippen LogP contribution in [0.1, 0.15) is 33.1 Å².